The molecule has 0 heterocycles. The third-order valence-corrected chi connectivity index (χ3v) is 6.05. The van der Waals surface area contributed by atoms with E-state index in [1.54, 1.807) is 11.8 Å². The number of ether oxygens (including phenoxy) is 1. The number of carbonyl (C=O) groups is 2. The predicted molar refractivity (Wildman–Crippen MR) is 133 cm³/mol. The van der Waals surface area contributed by atoms with Crippen molar-refractivity contribution in [2.75, 3.05) is 6.61 Å². The minimum absolute atomic E-state index is 0.0483. The fourth-order valence-corrected chi connectivity index (χ4v) is 3.38. The number of carbonyl (C=O) groups excluding carboxylic acids is 2. The molecule has 2 rings (SSSR count). The molecule has 0 radical (unpaired) electrons. The van der Waals surface area contributed by atoms with Crippen LogP contribution in [0.25, 0.3) is 0 Å². The van der Waals surface area contributed by atoms with Crippen molar-refractivity contribution in [2.24, 2.45) is 0 Å². The van der Waals surface area contributed by atoms with E-state index in [-0.39, 0.29) is 29.9 Å². The van der Waals surface area contributed by atoms with Gasteiger partial charge in [0.2, 0.25) is 5.91 Å². The molecule has 0 saturated carbocycles. The maximum absolute atomic E-state index is 13.1. The van der Waals surface area contributed by atoms with Gasteiger partial charge < -0.3 is 15.0 Å². The number of rotatable bonds is 9. The Hall–Kier alpha value is -2.34. The number of hydrogen-bond acceptors (Lipinski definition) is 3. The zero-order valence-electron chi connectivity index (χ0n) is 19.9. The van der Waals surface area contributed by atoms with Crippen LogP contribution < -0.4 is 10.1 Å². The Balaban J connectivity index is 2.13. The first-order valence-electron chi connectivity index (χ1n) is 11.1. The average Bonchev–Trinajstić information content (AvgIpc) is 2.76. The number of amides is 2. The molecule has 0 aliphatic rings. The first-order chi connectivity index (χ1) is 15.0. The van der Waals surface area contributed by atoms with Crippen LogP contribution in [0.15, 0.2) is 53.0 Å². The highest BCUT2D eigenvalue weighted by molar-refractivity contribution is 9.10. The average molecular weight is 503 g/mol. The van der Waals surface area contributed by atoms with Gasteiger partial charge in [-0.2, -0.15) is 0 Å². The molecule has 2 aromatic rings. The summed E-state index contributed by atoms with van der Waals surface area (Å²) in [5.74, 6) is 0.227. The summed E-state index contributed by atoms with van der Waals surface area (Å²) < 4.78 is 6.74. The van der Waals surface area contributed by atoms with Crippen LogP contribution in [-0.4, -0.2) is 35.4 Å². The van der Waals surface area contributed by atoms with Crippen molar-refractivity contribution in [2.45, 2.75) is 72.0 Å². The first-order valence-corrected chi connectivity index (χ1v) is 11.9. The van der Waals surface area contributed by atoms with E-state index in [1.165, 1.54) is 5.56 Å². The molecule has 1 N–H and O–H groups in total. The van der Waals surface area contributed by atoms with E-state index in [0.717, 1.165) is 16.5 Å². The van der Waals surface area contributed by atoms with Gasteiger partial charge in [-0.05, 0) is 61.1 Å². The van der Waals surface area contributed by atoms with E-state index in [9.17, 15) is 9.59 Å². The van der Waals surface area contributed by atoms with Crippen molar-refractivity contribution in [1.82, 2.24) is 10.2 Å². The molecule has 0 spiro atoms. The van der Waals surface area contributed by atoms with Crippen LogP contribution in [-0.2, 0) is 21.5 Å². The molecular weight excluding hydrogens is 468 g/mol. The molecule has 2 atom stereocenters. The molecule has 174 valence electrons. The van der Waals surface area contributed by atoms with Gasteiger partial charge in [0.15, 0.2) is 6.61 Å². The minimum atomic E-state index is -0.619. The summed E-state index contributed by atoms with van der Waals surface area (Å²) in [6, 6.07) is 15.0. The normalized spacial score (nSPS) is 13.2. The van der Waals surface area contributed by atoms with Crippen LogP contribution in [0.4, 0.5) is 0 Å². The van der Waals surface area contributed by atoms with Crippen LogP contribution in [0.5, 0.6) is 5.75 Å². The van der Waals surface area contributed by atoms with Crippen LogP contribution in [0.2, 0.25) is 0 Å². The highest BCUT2D eigenvalue weighted by Crippen LogP contribution is 2.24. The lowest BCUT2D eigenvalue weighted by Crippen LogP contribution is -2.50. The molecule has 32 heavy (non-hydrogen) atoms. The van der Waals surface area contributed by atoms with Crippen molar-refractivity contribution in [3.05, 3.63) is 64.1 Å². The summed E-state index contributed by atoms with van der Waals surface area (Å²) in [7, 11) is 0. The summed E-state index contributed by atoms with van der Waals surface area (Å²) in [6.07, 6.45) is 0.826. The second kappa shape index (κ2) is 11.5. The summed E-state index contributed by atoms with van der Waals surface area (Å²) >= 11 is 3.43. The maximum atomic E-state index is 13.1. The van der Waals surface area contributed by atoms with Gasteiger partial charge in [-0.1, -0.05) is 67.9 Å². The Morgan fingerprint density at radius 3 is 2.16 bits per heavy atom. The van der Waals surface area contributed by atoms with E-state index in [0.29, 0.717) is 12.3 Å². The van der Waals surface area contributed by atoms with E-state index in [2.05, 4.69) is 42.0 Å². The van der Waals surface area contributed by atoms with Crippen molar-refractivity contribution < 1.29 is 14.3 Å². The largest absolute Gasteiger partial charge is 0.484 e. The third kappa shape index (κ3) is 7.66. The summed E-state index contributed by atoms with van der Waals surface area (Å²) in [6.45, 7) is 12.4. The Kier molecular flexibility index (Phi) is 9.32. The van der Waals surface area contributed by atoms with E-state index in [4.69, 9.17) is 4.74 Å². The highest BCUT2D eigenvalue weighted by atomic mass is 79.9. The van der Waals surface area contributed by atoms with Gasteiger partial charge in [-0.25, -0.2) is 0 Å². The van der Waals surface area contributed by atoms with E-state index in [1.807, 2.05) is 62.4 Å². The van der Waals surface area contributed by atoms with Crippen LogP contribution in [0.3, 0.4) is 0 Å². The lowest BCUT2D eigenvalue weighted by atomic mass is 9.87. The van der Waals surface area contributed by atoms with Gasteiger partial charge >= 0.3 is 0 Å². The van der Waals surface area contributed by atoms with Gasteiger partial charge in [0.1, 0.15) is 11.8 Å². The minimum Gasteiger partial charge on any atom is -0.484 e. The number of nitrogens with one attached hydrogen (secondary N) is 1. The lowest BCUT2D eigenvalue weighted by Gasteiger charge is -2.29. The fraction of sp³-hybridized carbons (Fsp3) is 0.462. The topological polar surface area (TPSA) is 58.6 Å². The lowest BCUT2D eigenvalue weighted by molar-refractivity contribution is -0.142. The van der Waals surface area contributed by atoms with Gasteiger partial charge in [-0.3, -0.25) is 9.59 Å². The van der Waals surface area contributed by atoms with E-state index < -0.39 is 6.04 Å². The number of benzene rings is 2. The Bertz CT molecular complexity index is 889. The Morgan fingerprint density at radius 2 is 1.62 bits per heavy atom. The predicted octanol–water partition coefficient (Wildman–Crippen LogP) is 5.46. The molecule has 0 aromatic heterocycles. The molecule has 2 amide bonds. The second-order valence-corrected chi connectivity index (χ2v) is 10.1. The zero-order valence-corrected chi connectivity index (χ0v) is 21.5. The first kappa shape index (κ1) is 25.9. The summed E-state index contributed by atoms with van der Waals surface area (Å²) in [5.41, 5.74) is 2.19. The SMILES string of the molecule is CCC(C)NC(=O)C(C)N(Cc1ccc(Br)cc1)C(=O)COc1ccc(C(C)(C)C)cc1. The van der Waals surface area contributed by atoms with Crippen molar-refractivity contribution >= 4 is 27.7 Å². The number of hydrogen-bond donors (Lipinski definition) is 1. The standard InChI is InChI=1S/C26H35BrN2O3/c1-7-18(2)28-25(31)19(3)29(16-20-8-12-22(27)13-9-20)24(30)17-32-23-14-10-21(11-15-23)26(4,5)6/h8-15,18-19H,7,16-17H2,1-6H3,(H,28,31). The zero-order chi connectivity index (χ0) is 23.9. The molecule has 0 aliphatic heterocycles. The summed E-state index contributed by atoms with van der Waals surface area (Å²) in [4.78, 5) is 27.5. The molecule has 2 unspecified atom stereocenters. The quantitative estimate of drug-likeness (QED) is 0.495. The Morgan fingerprint density at radius 1 is 1.03 bits per heavy atom. The number of halogens is 1. The second-order valence-electron chi connectivity index (χ2n) is 9.21. The van der Waals surface area contributed by atoms with Gasteiger partial charge in [0.25, 0.3) is 5.91 Å². The van der Waals surface area contributed by atoms with Gasteiger partial charge in [0, 0.05) is 17.1 Å². The number of nitrogens with zero attached hydrogens (tertiary/aromatic N) is 1. The van der Waals surface area contributed by atoms with Crippen molar-refractivity contribution in [3.8, 4) is 5.75 Å². The smallest absolute Gasteiger partial charge is 0.261 e. The molecule has 2 aromatic carbocycles. The van der Waals surface area contributed by atoms with Crippen LogP contribution in [0.1, 0.15) is 59.1 Å². The van der Waals surface area contributed by atoms with E-state index >= 15 is 0 Å². The molecule has 5 nitrogen and oxygen atoms in total. The van der Waals surface area contributed by atoms with Crippen molar-refractivity contribution in [3.63, 3.8) is 0 Å². The molecule has 0 saturated heterocycles. The maximum Gasteiger partial charge on any atom is 0.261 e. The Labute approximate surface area is 200 Å². The van der Waals surface area contributed by atoms with Gasteiger partial charge in [0.05, 0.1) is 0 Å². The molecule has 0 fully saturated rings. The van der Waals surface area contributed by atoms with Crippen LogP contribution in [0, 0.1) is 0 Å². The van der Waals surface area contributed by atoms with Crippen molar-refractivity contribution in [1.29, 1.82) is 0 Å². The molecule has 0 bridgehead atoms. The highest BCUT2D eigenvalue weighted by Gasteiger charge is 2.27. The fourth-order valence-electron chi connectivity index (χ4n) is 3.11. The molecule has 0 aliphatic carbocycles. The third-order valence-electron chi connectivity index (χ3n) is 5.52. The monoisotopic (exact) mass is 502 g/mol. The molecular formula is C26H35BrN2O3. The summed E-state index contributed by atoms with van der Waals surface area (Å²) in [5, 5.41) is 2.97. The van der Waals surface area contributed by atoms with Crippen LogP contribution >= 0.6 is 15.9 Å². The van der Waals surface area contributed by atoms with Gasteiger partial charge in [-0.15, -0.1) is 0 Å². The molecule has 6 heteroatoms.